The Morgan fingerprint density at radius 3 is 2.50 bits per heavy atom. The van der Waals surface area contributed by atoms with Gasteiger partial charge in [-0.3, -0.25) is 0 Å². The number of nitrogens with one attached hydrogen (secondary N) is 1. The molecule has 0 aliphatic heterocycles. The van der Waals surface area contributed by atoms with E-state index in [2.05, 4.69) is 17.5 Å². The number of rotatable bonds is 4. The number of sulfone groups is 1. The van der Waals surface area contributed by atoms with E-state index in [1.54, 1.807) is 0 Å². The lowest BCUT2D eigenvalue weighted by molar-refractivity contribution is 0.550. The van der Waals surface area contributed by atoms with Crippen LogP contribution in [0.5, 0.6) is 0 Å². The molecular formula is C8H15NO2S. The van der Waals surface area contributed by atoms with Gasteiger partial charge in [-0.1, -0.05) is 12.2 Å². The van der Waals surface area contributed by atoms with E-state index in [0.717, 1.165) is 12.8 Å². The predicted octanol–water partition coefficient (Wildman–Crippen LogP) is 0.339. The van der Waals surface area contributed by atoms with E-state index in [1.165, 1.54) is 6.26 Å². The van der Waals surface area contributed by atoms with Crippen LogP contribution < -0.4 is 5.32 Å². The molecule has 0 atom stereocenters. The largest absolute Gasteiger partial charge is 0.312 e. The molecule has 0 saturated heterocycles. The lowest BCUT2D eigenvalue weighted by Crippen LogP contribution is -2.30. The monoisotopic (exact) mass is 189 g/mol. The Morgan fingerprint density at radius 1 is 1.42 bits per heavy atom. The van der Waals surface area contributed by atoms with E-state index >= 15 is 0 Å². The standard InChI is InChI=1S/C8H15NO2S/c1-12(10,11)7-6-9-8-4-2-3-5-8/h2-3,8-9H,4-7H2,1H3. The Morgan fingerprint density at radius 2 is 2.00 bits per heavy atom. The molecule has 3 nitrogen and oxygen atoms in total. The first kappa shape index (κ1) is 9.74. The molecule has 0 fully saturated rings. The van der Waals surface area contributed by atoms with Crippen molar-refractivity contribution in [1.29, 1.82) is 0 Å². The topological polar surface area (TPSA) is 46.2 Å². The minimum Gasteiger partial charge on any atom is -0.312 e. The highest BCUT2D eigenvalue weighted by Gasteiger charge is 2.09. The molecule has 0 unspecified atom stereocenters. The van der Waals surface area contributed by atoms with Crippen molar-refractivity contribution in [1.82, 2.24) is 5.32 Å². The highest BCUT2D eigenvalue weighted by Crippen LogP contribution is 2.08. The lowest BCUT2D eigenvalue weighted by atomic mass is 10.2. The maximum absolute atomic E-state index is 10.7. The first-order chi connectivity index (χ1) is 5.58. The van der Waals surface area contributed by atoms with Gasteiger partial charge < -0.3 is 5.32 Å². The summed E-state index contributed by atoms with van der Waals surface area (Å²) < 4.78 is 21.5. The van der Waals surface area contributed by atoms with E-state index in [0.29, 0.717) is 12.6 Å². The molecule has 70 valence electrons. The average Bonchev–Trinajstić information content (AvgIpc) is 2.36. The van der Waals surface area contributed by atoms with Crippen LogP contribution in [0.2, 0.25) is 0 Å². The minimum absolute atomic E-state index is 0.240. The summed E-state index contributed by atoms with van der Waals surface area (Å²) >= 11 is 0. The molecule has 12 heavy (non-hydrogen) atoms. The van der Waals surface area contributed by atoms with Crippen LogP contribution in [0.1, 0.15) is 12.8 Å². The Labute approximate surface area is 73.8 Å². The van der Waals surface area contributed by atoms with Crippen molar-refractivity contribution in [3.8, 4) is 0 Å². The maximum atomic E-state index is 10.7. The van der Waals surface area contributed by atoms with Crippen LogP contribution in [0, 0.1) is 0 Å². The van der Waals surface area contributed by atoms with Crippen LogP contribution in [0.4, 0.5) is 0 Å². The predicted molar refractivity (Wildman–Crippen MR) is 49.9 cm³/mol. The molecule has 1 aliphatic rings. The summed E-state index contributed by atoms with van der Waals surface area (Å²) in [6.07, 6.45) is 7.57. The third kappa shape index (κ3) is 3.88. The first-order valence-corrected chi connectivity index (χ1v) is 6.20. The van der Waals surface area contributed by atoms with Gasteiger partial charge in [0.2, 0.25) is 0 Å². The van der Waals surface area contributed by atoms with Crippen molar-refractivity contribution in [2.24, 2.45) is 0 Å². The fourth-order valence-corrected chi connectivity index (χ4v) is 1.72. The van der Waals surface area contributed by atoms with Gasteiger partial charge in [-0.15, -0.1) is 0 Å². The molecule has 1 N–H and O–H groups in total. The Hall–Kier alpha value is -0.350. The van der Waals surface area contributed by atoms with Gasteiger partial charge in [0.05, 0.1) is 5.75 Å². The van der Waals surface area contributed by atoms with E-state index < -0.39 is 9.84 Å². The molecule has 0 heterocycles. The molecule has 1 aliphatic carbocycles. The molecule has 0 spiro atoms. The Kier molecular flexibility index (Phi) is 3.29. The van der Waals surface area contributed by atoms with Crippen molar-refractivity contribution in [2.45, 2.75) is 18.9 Å². The molecular weight excluding hydrogens is 174 g/mol. The van der Waals surface area contributed by atoms with E-state index in [-0.39, 0.29) is 5.75 Å². The summed E-state index contributed by atoms with van der Waals surface area (Å²) in [4.78, 5) is 0. The average molecular weight is 189 g/mol. The van der Waals surface area contributed by atoms with Gasteiger partial charge in [0, 0.05) is 18.8 Å². The fraction of sp³-hybridized carbons (Fsp3) is 0.750. The lowest BCUT2D eigenvalue weighted by Gasteiger charge is -2.10. The smallest absolute Gasteiger partial charge is 0.148 e. The summed E-state index contributed by atoms with van der Waals surface area (Å²) in [7, 11) is -2.80. The van der Waals surface area contributed by atoms with Gasteiger partial charge in [0.25, 0.3) is 0 Å². The maximum Gasteiger partial charge on any atom is 0.148 e. The summed E-state index contributed by atoms with van der Waals surface area (Å²) in [5.74, 6) is 0.240. The Balaban J connectivity index is 2.11. The normalized spacial score (nSPS) is 18.8. The van der Waals surface area contributed by atoms with Crippen LogP contribution in [0.3, 0.4) is 0 Å². The van der Waals surface area contributed by atoms with Crippen molar-refractivity contribution < 1.29 is 8.42 Å². The zero-order valence-corrected chi connectivity index (χ0v) is 8.10. The van der Waals surface area contributed by atoms with E-state index in [9.17, 15) is 8.42 Å². The molecule has 0 saturated carbocycles. The quantitative estimate of drug-likeness (QED) is 0.649. The first-order valence-electron chi connectivity index (χ1n) is 4.14. The molecule has 0 aromatic carbocycles. The molecule has 0 amide bonds. The molecule has 0 radical (unpaired) electrons. The van der Waals surface area contributed by atoms with Gasteiger partial charge in [0.15, 0.2) is 0 Å². The molecule has 0 bridgehead atoms. The SMILES string of the molecule is CS(=O)(=O)CCNC1CC=CC1. The van der Waals surface area contributed by atoms with E-state index in [4.69, 9.17) is 0 Å². The fourth-order valence-electron chi connectivity index (χ4n) is 1.23. The second-order valence-electron chi connectivity index (χ2n) is 3.22. The molecule has 0 aromatic rings. The molecule has 4 heteroatoms. The van der Waals surface area contributed by atoms with Crippen LogP contribution in [-0.4, -0.2) is 33.0 Å². The van der Waals surface area contributed by atoms with Crippen molar-refractivity contribution >= 4 is 9.84 Å². The third-order valence-electron chi connectivity index (χ3n) is 1.91. The van der Waals surface area contributed by atoms with Crippen LogP contribution in [-0.2, 0) is 9.84 Å². The highest BCUT2D eigenvalue weighted by atomic mass is 32.2. The van der Waals surface area contributed by atoms with Crippen LogP contribution in [0.25, 0.3) is 0 Å². The van der Waals surface area contributed by atoms with Crippen LogP contribution >= 0.6 is 0 Å². The zero-order valence-electron chi connectivity index (χ0n) is 7.29. The summed E-state index contributed by atoms with van der Waals surface area (Å²) in [6, 6.07) is 0.465. The van der Waals surface area contributed by atoms with Gasteiger partial charge in [0.1, 0.15) is 9.84 Å². The minimum atomic E-state index is -2.80. The number of hydrogen-bond acceptors (Lipinski definition) is 3. The number of hydrogen-bond donors (Lipinski definition) is 1. The zero-order chi connectivity index (χ0) is 9.03. The molecule has 0 aromatic heterocycles. The summed E-state index contributed by atoms with van der Waals surface area (Å²) in [5, 5.41) is 3.20. The summed E-state index contributed by atoms with van der Waals surface area (Å²) in [6.45, 7) is 0.575. The summed E-state index contributed by atoms with van der Waals surface area (Å²) in [5.41, 5.74) is 0. The van der Waals surface area contributed by atoms with Crippen molar-refractivity contribution in [3.63, 3.8) is 0 Å². The van der Waals surface area contributed by atoms with Crippen molar-refractivity contribution in [3.05, 3.63) is 12.2 Å². The highest BCUT2D eigenvalue weighted by molar-refractivity contribution is 7.90. The van der Waals surface area contributed by atoms with Gasteiger partial charge >= 0.3 is 0 Å². The second kappa shape index (κ2) is 4.05. The third-order valence-corrected chi connectivity index (χ3v) is 2.86. The molecule has 1 rings (SSSR count). The second-order valence-corrected chi connectivity index (χ2v) is 5.48. The van der Waals surface area contributed by atoms with Gasteiger partial charge in [-0.25, -0.2) is 8.42 Å². The van der Waals surface area contributed by atoms with Crippen LogP contribution in [0.15, 0.2) is 12.2 Å². The Bertz CT molecular complexity index is 248. The van der Waals surface area contributed by atoms with Gasteiger partial charge in [-0.2, -0.15) is 0 Å². The van der Waals surface area contributed by atoms with Crippen molar-refractivity contribution in [2.75, 3.05) is 18.6 Å². The van der Waals surface area contributed by atoms with Gasteiger partial charge in [-0.05, 0) is 12.8 Å². The van der Waals surface area contributed by atoms with E-state index in [1.807, 2.05) is 0 Å².